The third-order valence-corrected chi connectivity index (χ3v) is 6.94. The number of hydrogen-bond donors (Lipinski definition) is 0. The number of fused-ring (bicyclic) bond motifs is 1. The zero-order valence-electron chi connectivity index (χ0n) is 20.9. The zero-order valence-corrected chi connectivity index (χ0v) is 21.8. The summed E-state index contributed by atoms with van der Waals surface area (Å²) in [5, 5.41) is 9.25. The summed E-state index contributed by atoms with van der Waals surface area (Å²) in [7, 11) is 1.62. The van der Waals surface area contributed by atoms with Crippen LogP contribution >= 0.6 is 11.3 Å². The lowest BCUT2D eigenvalue weighted by atomic mass is 10.1. The van der Waals surface area contributed by atoms with Gasteiger partial charge in [-0.05, 0) is 54.6 Å². The quantitative estimate of drug-likeness (QED) is 0.233. The van der Waals surface area contributed by atoms with E-state index in [1.54, 1.807) is 36.1 Å². The molecule has 0 aliphatic carbocycles. The topological polar surface area (TPSA) is 101 Å². The van der Waals surface area contributed by atoms with Crippen LogP contribution in [0, 0.1) is 0 Å². The van der Waals surface area contributed by atoms with Gasteiger partial charge in [-0.1, -0.05) is 41.7 Å². The molecule has 0 N–H and O–H groups in total. The summed E-state index contributed by atoms with van der Waals surface area (Å²) in [6.07, 6.45) is 3.70. The number of nitrogens with zero attached hydrogens (tertiary/aromatic N) is 5. The molecule has 0 radical (unpaired) electrons. The van der Waals surface area contributed by atoms with Crippen molar-refractivity contribution in [1.29, 1.82) is 0 Å². The number of benzene rings is 3. The average Bonchev–Trinajstić information content (AvgIpc) is 3.64. The number of thiazole rings is 1. The predicted octanol–water partition coefficient (Wildman–Crippen LogP) is 4.15. The van der Waals surface area contributed by atoms with Crippen LogP contribution in [0.1, 0.15) is 12.5 Å². The summed E-state index contributed by atoms with van der Waals surface area (Å²) < 4.78 is 14.1. The molecule has 0 atom stereocenters. The van der Waals surface area contributed by atoms with Crippen LogP contribution in [0.25, 0.3) is 39.4 Å². The molecule has 39 heavy (non-hydrogen) atoms. The van der Waals surface area contributed by atoms with Crippen molar-refractivity contribution in [2.75, 3.05) is 7.11 Å². The van der Waals surface area contributed by atoms with Gasteiger partial charge in [-0.25, -0.2) is 4.68 Å². The molecule has 0 saturated carbocycles. The number of methoxy groups -OCH3 is 1. The molecule has 6 aromatic rings. The molecule has 6 rings (SSSR count). The molecule has 0 saturated heterocycles. The maximum absolute atomic E-state index is 13.4. The summed E-state index contributed by atoms with van der Waals surface area (Å²) in [4.78, 5) is 29.9. The van der Waals surface area contributed by atoms with E-state index in [1.807, 2.05) is 66.9 Å². The van der Waals surface area contributed by atoms with Gasteiger partial charge in [-0.3, -0.25) is 9.59 Å². The Labute approximate surface area is 226 Å². The highest BCUT2D eigenvalue weighted by Crippen LogP contribution is 2.29. The van der Waals surface area contributed by atoms with Gasteiger partial charge in [-0.15, -0.1) is 5.10 Å². The van der Waals surface area contributed by atoms with Crippen LogP contribution in [0.15, 0.2) is 89.9 Å². The van der Waals surface area contributed by atoms with Gasteiger partial charge in [0.2, 0.25) is 4.96 Å². The summed E-state index contributed by atoms with van der Waals surface area (Å²) >= 11 is 1.23. The minimum atomic E-state index is -0.450. The number of ether oxygens (including phenoxy) is 2. The third-order valence-electron chi connectivity index (χ3n) is 5.98. The summed E-state index contributed by atoms with van der Waals surface area (Å²) in [6, 6.07) is 24.3. The van der Waals surface area contributed by atoms with Crippen molar-refractivity contribution >= 4 is 28.3 Å². The summed E-state index contributed by atoms with van der Waals surface area (Å²) in [5.41, 5.74) is 3.49. The molecule has 0 amide bonds. The molecular formula is C29H21N5O4S. The van der Waals surface area contributed by atoms with Crippen LogP contribution in [-0.2, 0) is 4.79 Å². The molecule has 0 aliphatic rings. The number of esters is 1. The maximum atomic E-state index is 13.4. The minimum Gasteiger partial charge on any atom is -0.497 e. The summed E-state index contributed by atoms with van der Waals surface area (Å²) in [6.45, 7) is 1.33. The molecule has 192 valence electrons. The van der Waals surface area contributed by atoms with E-state index in [-0.39, 0.29) is 5.56 Å². The van der Waals surface area contributed by atoms with Gasteiger partial charge >= 0.3 is 5.97 Å². The van der Waals surface area contributed by atoms with E-state index in [0.717, 1.165) is 28.3 Å². The largest absolute Gasteiger partial charge is 0.497 e. The Kier molecular flexibility index (Phi) is 6.22. The van der Waals surface area contributed by atoms with Gasteiger partial charge in [0, 0.05) is 24.2 Å². The van der Waals surface area contributed by atoms with Gasteiger partial charge < -0.3 is 9.47 Å². The third kappa shape index (κ3) is 4.69. The monoisotopic (exact) mass is 535 g/mol. The molecule has 0 aliphatic heterocycles. The second-order valence-electron chi connectivity index (χ2n) is 8.58. The molecule has 0 fully saturated rings. The lowest BCUT2D eigenvalue weighted by Gasteiger charge is -2.04. The first-order valence-corrected chi connectivity index (χ1v) is 12.8. The van der Waals surface area contributed by atoms with Gasteiger partial charge in [0.1, 0.15) is 17.2 Å². The normalized spacial score (nSPS) is 11.7. The molecule has 3 heterocycles. The second kappa shape index (κ2) is 9.99. The Morgan fingerprint density at radius 2 is 1.69 bits per heavy atom. The fourth-order valence-corrected chi connectivity index (χ4v) is 5.06. The van der Waals surface area contributed by atoms with Crippen LogP contribution in [0.3, 0.4) is 0 Å². The summed E-state index contributed by atoms with van der Waals surface area (Å²) in [5.74, 6) is 0.927. The van der Waals surface area contributed by atoms with Crippen molar-refractivity contribution in [1.82, 2.24) is 24.4 Å². The number of rotatable bonds is 6. The Balaban J connectivity index is 1.46. The number of carbonyl (C=O) groups is 1. The van der Waals surface area contributed by atoms with Crippen molar-refractivity contribution in [2.45, 2.75) is 6.92 Å². The van der Waals surface area contributed by atoms with Crippen molar-refractivity contribution in [3.8, 4) is 39.8 Å². The Bertz CT molecular complexity index is 1920. The minimum absolute atomic E-state index is 0.299. The fraction of sp³-hybridized carbons (Fsp3) is 0.0690. The highest BCUT2D eigenvalue weighted by atomic mass is 32.1. The van der Waals surface area contributed by atoms with E-state index in [0.29, 0.717) is 26.6 Å². The molecule has 0 bridgehead atoms. The Morgan fingerprint density at radius 1 is 0.949 bits per heavy atom. The Morgan fingerprint density at radius 3 is 2.41 bits per heavy atom. The van der Waals surface area contributed by atoms with E-state index in [9.17, 15) is 9.59 Å². The van der Waals surface area contributed by atoms with Crippen molar-refractivity contribution in [3.63, 3.8) is 0 Å². The number of hydrogen-bond acceptors (Lipinski definition) is 8. The SMILES string of the molecule is COc1ccc(-c2nn(-c3ccccc3)cc2/C=c2\sc3nc(-c4ccccc4OC(C)=O)nn3c2=O)cc1. The molecular weight excluding hydrogens is 514 g/mol. The van der Waals surface area contributed by atoms with Gasteiger partial charge in [0.05, 0.1) is 22.9 Å². The maximum Gasteiger partial charge on any atom is 0.308 e. The predicted molar refractivity (Wildman–Crippen MR) is 148 cm³/mol. The lowest BCUT2D eigenvalue weighted by molar-refractivity contribution is -0.131. The first-order valence-electron chi connectivity index (χ1n) is 12.0. The number of aromatic nitrogens is 5. The fourth-order valence-electron chi connectivity index (χ4n) is 4.16. The van der Waals surface area contributed by atoms with E-state index in [2.05, 4.69) is 10.1 Å². The van der Waals surface area contributed by atoms with Crippen LogP contribution in [-0.4, -0.2) is 37.5 Å². The van der Waals surface area contributed by atoms with E-state index in [4.69, 9.17) is 14.6 Å². The highest BCUT2D eigenvalue weighted by molar-refractivity contribution is 7.15. The standard InChI is InChI=1S/C29H21N5O4S/c1-18(35)38-24-11-7-6-10-23(24)27-30-29-34(32-27)28(36)25(39-29)16-20-17-33(21-8-4-3-5-9-21)31-26(20)19-12-14-22(37-2)15-13-19/h3-17H,1-2H3/b25-16-. The first-order chi connectivity index (χ1) is 19.0. The van der Waals surface area contributed by atoms with Crippen LogP contribution in [0.2, 0.25) is 0 Å². The molecule has 3 aromatic carbocycles. The first kappa shape index (κ1) is 24.3. The molecule has 3 aromatic heterocycles. The van der Waals surface area contributed by atoms with E-state index < -0.39 is 5.97 Å². The van der Waals surface area contributed by atoms with Gasteiger partial charge in [-0.2, -0.15) is 14.6 Å². The van der Waals surface area contributed by atoms with Crippen molar-refractivity contribution in [3.05, 3.63) is 106 Å². The van der Waals surface area contributed by atoms with Crippen molar-refractivity contribution < 1.29 is 14.3 Å². The number of carbonyl (C=O) groups excluding carboxylic acids is 1. The molecule has 9 nitrogen and oxygen atoms in total. The number of para-hydroxylation sites is 2. The van der Waals surface area contributed by atoms with Gasteiger partial charge in [0.15, 0.2) is 5.82 Å². The van der Waals surface area contributed by atoms with E-state index in [1.165, 1.54) is 22.8 Å². The lowest BCUT2D eigenvalue weighted by Crippen LogP contribution is -2.23. The second-order valence-corrected chi connectivity index (χ2v) is 9.59. The highest BCUT2D eigenvalue weighted by Gasteiger charge is 2.17. The van der Waals surface area contributed by atoms with Crippen LogP contribution in [0.4, 0.5) is 0 Å². The molecule has 0 unspecified atom stereocenters. The Hall–Kier alpha value is -5.09. The average molecular weight is 536 g/mol. The van der Waals surface area contributed by atoms with Crippen LogP contribution in [0.5, 0.6) is 11.5 Å². The molecule has 0 spiro atoms. The van der Waals surface area contributed by atoms with Crippen molar-refractivity contribution in [2.24, 2.45) is 0 Å². The van der Waals surface area contributed by atoms with Crippen LogP contribution < -0.4 is 19.6 Å². The van der Waals surface area contributed by atoms with E-state index >= 15 is 0 Å². The smallest absolute Gasteiger partial charge is 0.308 e. The molecule has 10 heteroatoms. The van der Waals surface area contributed by atoms with Gasteiger partial charge in [0.25, 0.3) is 5.56 Å². The zero-order chi connectivity index (χ0) is 26.9.